The van der Waals surface area contributed by atoms with Crippen molar-refractivity contribution in [2.45, 2.75) is 13.5 Å². The number of nitrogens with two attached hydrogens (primary N) is 1. The average Bonchev–Trinajstić information content (AvgIpc) is 2.28. The van der Waals surface area contributed by atoms with Gasteiger partial charge < -0.3 is 5.73 Å². The monoisotopic (exact) mass is 241 g/mol. The molecule has 0 aliphatic rings. The minimum absolute atomic E-state index is 0.0538. The molecule has 0 saturated carbocycles. The Morgan fingerprint density at radius 1 is 1.53 bits per heavy atom. The first-order chi connectivity index (χ1) is 8.08. The summed E-state index contributed by atoms with van der Waals surface area (Å²) in [6.45, 7) is 4.08. The van der Waals surface area contributed by atoms with Crippen LogP contribution in [0.25, 0.3) is 0 Å². The normalized spacial score (nSPS) is 10.8. The summed E-state index contributed by atoms with van der Waals surface area (Å²) in [5.74, 6) is -0.464. The summed E-state index contributed by atoms with van der Waals surface area (Å²) in [5.41, 5.74) is 5.76. The number of nitro groups is 1. The maximum absolute atomic E-state index is 13.1. The highest BCUT2D eigenvalue weighted by Gasteiger charge is 2.16. The lowest BCUT2D eigenvalue weighted by molar-refractivity contribution is -0.385. The molecule has 0 fully saturated rings. The van der Waals surface area contributed by atoms with Crippen molar-refractivity contribution in [3.63, 3.8) is 0 Å². The van der Waals surface area contributed by atoms with Crippen LogP contribution in [0.2, 0.25) is 0 Å². The highest BCUT2D eigenvalue weighted by Crippen LogP contribution is 2.21. The molecule has 0 aliphatic heterocycles. The van der Waals surface area contributed by atoms with Crippen LogP contribution < -0.4 is 5.73 Å². The molecule has 0 radical (unpaired) electrons. The van der Waals surface area contributed by atoms with Crippen molar-refractivity contribution in [2.75, 3.05) is 19.6 Å². The molecule has 0 aromatic heterocycles. The molecule has 17 heavy (non-hydrogen) atoms. The fraction of sp³-hybridized carbons (Fsp3) is 0.455. The van der Waals surface area contributed by atoms with Gasteiger partial charge in [-0.2, -0.15) is 0 Å². The molecule has 0 aliphatic carbocycles. The molecule has 0 heterocycles. The summed E-state index contributed by atoms with van der Waals surface area (Å²) in [6, 6.07) is 3.50. The second-order valence-electron chi connectivity index (χ2n) is 3.69. The summed E-state index contributed by atoms with van der Waals surface area (Å²) in [4.78, 5) is 12.2. The van der Waals surface area contributed by atoms with Crippen molar-refractivity contribution in [3.8, 4) is 0 Å². The van der Waals surface area contributed by atoms with Crippen LogP contribution >= 0.6 is 0 Å². The van der Waals surface area contributed by atoms with E-state index in [1.54, 1.807) is 0 Å². The Morgan fingerprint density at radius 3 is 2.76 bits per heavy atom. The van der Waals surface area contributed by atoms with Gasteiger partial charge in [0.1, 0.15) is 5.82 Å². The largest absolute Gasteiger partial charge is 0.329 e. The molecule has 0 spiro atoms. The molecule has 1 rings (SSSR count). The Kier molecular flexibility index (Phi) is 4.99. The van der Waals surface area contributed by atoms with Crippen LogP contribution in [0.3, 0.4) is 0 Å². The Morgan fingerprint density at radius 2 is 2.24 bits per heavy atom. The van der Waals surface area contributed by atoms with E-state index in [0.29, 0.717) is 31.7 Å². The van der Waals surface area contributed by atoms with E-state index in [-0.39, 0.29) is 5.69 Å². The number of benzene rings is 1. The molecule has 1 aromatic carbocycles. The Labute approximate surface area is 99.2 Å². The highest BCUT2D eigenvalue weighted by molar-refractivity contribution is 5.40. The van der Waals surface area contributed by atoms with Crippen LogP contribution in [0.5, 0.6) is 0 Å². The Balaban J connectivity index is 2.94. The zero-order valence-corrected chi connectivity index (χ0v) is 9.73. The Hall–Kier alpha value is -1.53. The van der Waals surface area contributed by atoms with E-state index in [1.165, 1.54) is 12.1 Å². The lowest BCUT2D eigenvalue weighted by atomic mass is 10.1. The van der Waals surface area contributed by atoms with Crippen LogP contribution in [0.4, 0.5) is 10.1 Å². The van der Waals surface area contributed by atoms with Crippen molar-refractivity contribution in [1.29, 1.82) is 0 Å². The molecule has 0 saturated heterocycles. The van der Waals surface area contributed by atoms with E-state index in [4.69, 9.17) is 5.73 Å². The maximum atomic E-state index is 13.1. The minimum atomic E-state index is -0.495. The van der Waals surface area contributed by atoms with Gasteiger partial charge in [0.15, 0.2) is 0 Å². The van der Waals surface area contributed by atoms with E-state index < -0.39 is 10.7 Å². The predicted molar refractivity (Wildman–Crippen MR) is 63.1 cm³/mol. The van der Waals surface area contributed by atoms with Gasteiger partial charge >= 0.3 is 0 Å². The first kappa shape index (κ1) is 13.5. The third kappa shape index (κ3) is 3.76. The highest BCUT2D eigenvalue weighted by atomic mass is 19.1. The number of halogens is 1. The standard InChI is InChI=1S/C11H16FN3O2/c1-2-14(6-5-13)8-9-7-10(12)3-4-11(9)15(16)17/h3-4,7H,2,5-6,8,13H2,1H3. The second-order valence-corrected chi connectivity index (χ2v) is 3.69. The van der Waals surface area contributed by atoms with Gasteiger partial charge in [-0.15, -0.1) is 0 Å². The summed E-state index contributed by atoms with van der Waals surface area (Å²) < 4.78 is 13.1. The zero-order valence-electron chi connectivity index (χ0n) is 9.73. The molecular weight excluding hydrogens is 225 g/mol. The van der Waals surface area contributed by atoms with Crippen molar-refractivity contribution in [1.82, 2.24) is 4.90 Å². The van der Waals surface area contributed by atoms with Crippen molar-refractivity contribution in [2.24, 2.45) is 5.73 Å². The number of hydrogen-bond acceptors (Lipinski definition) is 4. The summed E-state index contributed by atoms with van der Waals surface area (Å²) in [6.07, 6.45) is 0. The number of likely N-dealkylation sites (N-methyl/N-ethyl adjacent to an activating group) is 1. The SMILES string of the molecule is CCN(CCN)Cc1cc(F)ccc1[N+](=O)[O-]. The molecule has 0 unspecified atom stereocenters. The van der Waals surface area contributed by atoms with Gasteiger partial charge in [-0.05, 0) is 18.7 Å². The molecule has 5 nitrogen and oxygen atoms in total. The molecule has 1 aromatic rings. The molecule has 0 bridgehead atoms. The van der Waals surface area contributed by atoms with E-state index in [0.717, 1.165) is 6.07 Å². The number of hydrogen-bond donors (Lipinski definition) is 1. The van der Waals surface area contributed by atoms with E-state index >= 15 is 0 Å². The van der Waals surface area contributed by atoms with Crippen molar-refractivity contribution >= 4 is 5.69 Å². The first-order valence-electron chi connectivity index (χ1n) is 5.43. The topological polar surface area (TPSA) is 72.4 Å². The number of nitro benzene ring substituents is 1. The van der Waals surface area contributed by atoms with Crippen molar-refractivity contribution in [3.05, 3.63) is 39.7 Å². The first-order valence-corrected chi connectivity index (χ1v) is 5.43. The molecular formula is C11H16FN3O2. The van der Waals surface area contributed by atoms with E-state index in [9.17, 15) is 14.5 Å². The van der Waals surface area contributed by atoms with Crippen LogP contribution in [0, 0.1) is 15.9 Å². The third-order valence-electron chi connectivity index (χ3n) is 2.52. The van der Waals surface area contributed by atoms with Crippen LogP contribution in [0.1, 0.15) is 12.5 Å². The lowest BCUT2D eigenvalue weighted by Crippen LogP contribution is -2.29. The van der Waals surface area contributed by atoms with Crippen LogP contribution in [-0.2, 0) is 6.54 Å². The number of rotatable bonds is 6. The predicted octanol–water partition coefficient (Wildman–Crippen LogP) is 1.51. The van der Waals surface area contributed by atoms with E-state index in [1.807, 2.05) is 11.8 Å². The van der Waals surface area contributed by atoms with Crippen LogP contribution in [-0.4, -0.2) is 29.5 Å². The van der Waals surface area contributed by atoms with Crippen LogP contribution in [0.15, 0.2) is 18.2 Å². The molecule has 94 valence electrons. The summed E-state index contributed by atoms with van der Waals surface area (Å²) in [7, 11) is 0. The Bertz CT molecular complexity index is 398. The quantitative estimate of drug-likeness (QED) is 0.605. The number of nitrogens with zero attached hydrogens (tertiary/aromatic N) is 2. The average molecular weight is 241 g/mol. The fourth-order valence-corrected chi connectivity index (χ4v) is 1.63. The fourth-order valence-electron chi connectivity index (χ4n) is 1.63. The van der Waals surface area contributed by atoms with Gasteiger partial charge in [-0.1, -0.05) is 6.92 Å². The smallest absolute Gasteiger partial charge is 0.274 e. The molecule has 2 N–H and O–H groups in total. The van der Waals surface area contributed by atoms with Crippen molar-refractivity contribution < 1.29 is 9.31 Å². The molecule has 6 heteroatoms. The van der Waals surface area contributed by atoms with Gasteiger partial charge in [0.2, 0.25) is 0 Å². The van der Waals surface area contributed by atoms with Gasteiger partial charge in [0.05, 0.1) is 4.92 Å². The lowest BCUT2D eigenvalue weighted by Gasteiger charge is -2.19. The van der Waals surface area contributed by atoms with Gasteiger partial charge in [0, 0.05) is 31.3 Å². The third-order valence-corrected chi connectivity index (χ3v) is 2.52. The maximum Gasteiger partial charge on any atom is 0.274 e. The van der Waals surface area contributed by atoms with Gasteiger partial charge in [-0.25, -0.2) is 4.39 Å². The van der Waals surface area contributed by atoms with E-state index in [2.05, 4.69) is 0 Å². The summed E-state index contributed by atoms with van der Waals surface area (Å²) >= 11 is 0. The molecule has 0 atom stereocenters. The zero-order chi connectivity index (χ0) is 12.8. The molecule has 0 amide bonds. The van der Waals surface area contributed by atoms with Gasteiger partial charge in [-0.3, -0.25) is 15.0 Å². The summed E-state index contributed by atoms with van der Waals surface area (Å²) in [5, 5.41) is 10.8. The minimum Gasteiger partial charge on any atom is -0.329 e. The second kappa shape index (κ2) is 6.27. The van der Waals surface area contributed by atoms with Gasteiger partial charge in [0.25, 0.3) is 5.69 Å².